The Morgan fingerprint density at radius 1 is 1.40 bits per heavy atom. The zero-order valence-corrected chi connectivity index (χ0v) is 14.0. The molecule has 0 saturated carbocycles. The van der Waals surface area contributed by atoms with Crippen molar-refractivity contribution in [2.45, 2.75) is 31.9 Å². The lowest BCUT2D eigenvalue weighted by Crippen LogP contribution is -2.36. The number of hydrogen-bond acceptors (Lipinski definition) is 2. The van der Waals surface area contributed by atoms with Gasteiger partial charge in [0.1, 0.15) is 11.6 Å². The number of halogens is 5. The molecule has 0 bridgehead atoms. The maximum atomic E-state index is 13.3. The summed E-state index contributed by atoms with van der Waals surface area (Å²) in [6.07, 6.45) is -2.54. The van der Waals surface area contributed by atoms with Crippen LogP contribution in [0.1, 0.15) is 29.9 Å². The molecule has 25 heavy (non-hydrogen) atoms. The lowest BCUT2D eigenvalue weighted by atomic mass is 9.98. The molecule has 136 valence electrons. The zero-order chi connectivity index (χ0) is 18.6. The number of aromatic nitrogens is 2. The van der Waals surface area contributed by atoms with Crippen LogP contribution < -0.4 is 5.32 Å². The van der Waals surface area contributed by atoms with E-state index < -0.39 is 30.4 Å². The molecular weight excluding hydrogens is 362 g/mol. The normalized spacial score (nSPS) is 12.9. The highest BCUT2D eigenvalue weighted by Crippen LogP contribution is 2.37. The Labute approximate surface area is 146 Å². The molecule has 0 spiro atoms. The number of aromatic amines is 1. The number of nitrogens with one attached hydrogen (secondary N) is 2. The predicted octanol–water partition coefficient (Wildman–Crippen LogP) is 3.77. The minimum absolute atomic E-state index is 0.165. The van der Waals surface area contributed by atoms with E-state index in [4.69, 9.17) is 11.6 Å². The van der Waals surface area contributed by atoms with Crippen molar-refractivity contribution in [2.75, 3.05) is 6.54 Å². The minimum Gasteiger partial charge on any atom is -0.355 e. The number of benzene rings is 1. The molecule has 0 aliphatic heterocycles. The van der Waals surface area contributed by atoms with Gasteiger partial charge in [0.2, 0.25) is 5.91 Å². The molecule has 1 aromatic carbocycles. The van der Waals surface area contributed by atoms with E-state index in [0.29, 0.717) is 12.2 Å². The Bertz CT molecular complexity index is 745. The van der Waals surface area contributed by atoms with Crippen LogP contribution in [0.5, 0.6) is 0 Å². The number of hydrogen-bond donors (Lipinski definition) is 2. The van der Waals surface area contributed by atoms with E-state index in [-0.39, 0.29) is 17.0 Å². The third kappa shape index (κ3) is 5.19. The summed E-state index contributed by atoms with van der Waals surface area (Å²) in [5.41, 5.74) is 0.538. The van der Waals surface area contributed by atoms with Crippen molar-refractivity contribution in [3.8, 4) is 0 Å². The molecule has 2 rings (SSSR count). The van der Waals surface area contributed by atoms with Gasteiger partial charge in [-0.3, -0.25) is 4.79 Å². The van der Waals surface area contributed by atoms with E-state index in [2.05, 4.69) is 15.3 Å². The lowest BCUT2D eigenvalue weighted by molar-refractivity contribution is -0.150. The van der Waals surface area contributed by atoms with Gasteiger partial charge < -0.3 is 10.3 Å². The summed E-state index contributed by atoms with van der Waals surface area (Å²) >= 11 is 5.73. The first-order valence-corrected chi connectivity index (χ1v) is 7.89. The molecule has 0 aliphatic carbocycles. The van der Waals surface area contributed by atoms with Gasteiger partial charge in [0, 0.05) is 23.5 Å². The molecule has 0 fully saturated rings. The van der Waals surface area contributed by atoms with Crippen LogP contribution in [0, 0.1) is 5.82 Å². The van der Waals surface area contributed by atoms with Crippen LogP contribution in [0.4, 0.5) is 17.6 Å². The number of imidazole rings is 1. The summed E-state index contributed by atoms with van der Waals surface area (Å²) in [5.74, 6) is -3.00. The molecule has 9 heteroatoms. The molecule has 1 atom stereocenters. The van der Waals surface area contributed by atoms with Crippen molar-refractivity contribution < 1.29 is 22.4 Å². The third-order valence-electron chi connectivity index (χ3n) is 3.63. The summed E-state index contributed by atoms with van der Waals surface area (Å²) in [5, 5.41) is 1.90. The van der Waals surface area contributed by atoms with Crippen LogP contribution in [0.15, 0.2) is 24.4 Å². The molecule has 2 aromatic rings. The molecule has 1 amide bonds. The molecule has 4 nitrogen and oxygen atoms in total. The number of carbonyl (C=O) groups is 1. The molecule has 0 aliphatic rings. The number of amides is 1. The Morgan fingerprint density at radius 2 is 2.12 bits per heavy atom. The van der Waals surface area contributed by atoms with Crippen LogP contribution >= 0.6 is 11.6 Å². The molecule has 0 saturated heterocycles. The van der Waals surface area contributed by atoms with Gasteiger partial charge in [0.15, 0.2) is 0 Å². The third-order valence-corrected chi connectivity index (χ3v) is 3.95. The topological polar surface area (TPSA) is 57.8 Å². The standard InChI is InChI=1S/C16H16ClF4N3O/c1-2-10-7-22-14(24-10)6-15(25)23-8-12(16(19,20)21)11-4-3-9(18)5-13(11)17/h3-5,7,12H,2,6,8H2,1H3,(H,22,24)(H,23,25). The maximum Gasteiger partial charge on any atom is 0.397 e. The van der Waals surface area contributed by atoms with Gasteiger partial charge in [-0.1, -0.05) is 24.6 Å². The quantitative estimate of drug-likeness (QED) is 0.753. The van der Waals surface area contributed by atoms with Crippen molar-refractivity contribution in [3.05, 3.63) is 52.3 Å². The summed E-state index contributed by atoms with van der Waals surface area (Å²) in [6, 6.07) is 2.69. The fourth-order valence-corrected chi connectivity index (χ4v) is 2.59. The second kappa shape index (κ2) is 7.86. The van der Waals surface area contributed by atoms with Crippen LogP contribution in [0.2, 0.25) is 5.02 Å². The fraction of sp³-hybridized carbons (Fsp3) is 0.375. The number of alkyl halides is 3. The monoisotopic (exact) mass is 377 g/mol. The van der Waals surface area contributed by atoms with E-state index in [1.807, 2.05) is 6.92 Å². The van der Waals surface area contributed by atoms with Crippen molar-refractivity contribution in [1.29, 1.82) is 0 Å². The largest absolute Gasteiger partial charge is 0.397 e. The van der Waals surface area contributed by atoms with Crippen LogP contribution in [-0.4, -0.2) is 28.6 Å². The second-order valence-corrected chi connectivity index (χ2v) is 5.86. The highest BCUT2D eigenvalue weighted by atomic mass is 35.5. The van der Waals surface area contributed by atoms with Gasteiger partial charge in [0.25, 0.3) is 0 Å². The van der Waals surface area contributed by atoms with E-state index in [1.54, 1.807) is 6.20 Å². The van der Waals surface area contributed by atoms with Crippen molar-refractivity contribution in [2.24, 2.45) is 0 Å². The summed E-state index contributed by atoms with van der Waals surface area (Å²) in [7, 11) is 0. The van der Waals surface area contributed by atoms with Crippen LogP contribution in [0.25, 0.3) is 0 Å². The van der Waals surface area contributed by atoms with Gasteiger partial charge in [-0.15, -0.1) is 0 Å². The highest BCUT2D eigenvalue weighted by Gasteiger charge is 2.41. The Balaban J connectivity index is 2.06. The summed E-state index contributed by atoms with van der Waals surface area (Å²) in [6.45, 7) is 1.20. The van der Waals surface area contributed by atoms with E-state index in [0.717, 1.165) is 23.9 Å². The molecule has 1 aromatic heterocycles. The predicted molar refractivity (Wildman–Crippen MR) is 84.9 cm³/mol. The van der Waals surface area contributed by atoms with Crippen LogP contribution in [-0.2, 0) is 17.6 Å². The summed E-state index contributed by atoms with van der Waals surface area (Å²) < 4.78 is 52.9. The van der Waals surface area contributed by atoms with Gasteiger partial charge >= 0.3 is 6.18 Å². The first-order valence-electron chi connectivity index (χ1n) is 7.51. The molecule has 0 radical (unpaired) electrons. The fourth-order valence-electron chi connectivity index (χ4n) is 2.29. The number of nitrogens with zero attached hydrogens (tertiary/aromatic N) is 1. The average Bonchev–Trinajstić information content (AvgIpc) is 2.95. The van der Waals surface area contributed by atoms with Crippen molar-refractivity contribution in [3.63, 3.8) is 0 Å². The lowest BCUT2D eigenvalue weighted by Gasteiger charge is -2.22. The van der Waals surface area contributed by atoms with Gasteiger partial charge in [-0.25, -0.2) is 9.37 Å². The van der Waals surface area contributed by atoms with Gasteiger partial charge in [-0.2, -0.15) is 13.2 Å². The van der Waals surface area contributed by atoms with Crippen molar-refractivity contribution >= 4 is 17.5 Å². The number of carbonyl (C=O) groups excluding carboxylic acids is 1. The molecule has 2 N–H and O–H groups in total. The van der Waals surface area contributed by atoms with E-state index in [1.165, 1.54) is 0 Å². The SMILES string of the molecule is CCc1cnc(CC(=O)NCC(c2ccc(F)cc2Cl)C(F)(F)F)[nH]1. The molecular formula is C16H16ClF4N3O. The Morgan fingerprint density at radius 3 is 2.68 bits per heavy atom. The number of rotatable bonds is 6. The maximum absolute atomic E-state index is 13.3. The molecule has 1 unspecified atom stereocenters. The van der Waals surface area contributed by atoms with Crippen LogP contribution in [0.3, 0.4) is 0 Å². The smallest absolute Gasteiger partial charge is 0.355 e. The Kier molecular flexibility index (Phi) is 6.05. The minimum atomic E-state index is -4.64. The van der Waals surface area contributed by atoms with E-state index >= 15 is 0 Å². The zero-order valence-electron chi connectivity index (χ0n) is 13.3. The first-order chi connectivity index (χ1) is 11.7. The van der Waals surface area contributed by atoms with Gasteiger partial charge in [-0.05, 0) is 24.1 Å². The van der Waals surface area contributed by atoms with Crippen molar-refractivity contribution in [1.82, 2.24) is 15.3 Å². The van der Waals surface area contributed by atoms with Gasteiger partial charge in [0.05, 0.1) is 12.3 Å². The summed E-state index contributed by atoms with van der Waals surface area (Å²) in [4.78, 5) is 18.8. The second-order valence-electron chi connectivity index (χ2n) is 5.45. The number of H-pyrrole nitrogens is 1. The van der Waals surface area contributed by atoms with E-state index in [9.17, 15) is 22.4 Å². The number of aryl methyl sites for hydroxylation is 1. The molecule has 1 heterocycles. The Hall–Kier alpha value is -2.09. The average molecular weight is 378 g/mol. The first kappa shape index (κ1) is 19.2. The highest BCUT2D eigenvalue weighted by molar-refractivity contribution is 6.31.